The van der Waals surface area contributed by atoms with Crippen molar-refractivity contribution in [2.45, 2.75) is 19.3 Å². The molecule has 0 unspecified atom stereocenters. The first kappa shape index (κ1) is 14.2. The van der Waals surface area contributed by atoms with Gasteiger partial charge in [0.25, 0.3) is 5.91 Å². The zero-order valence-electron chi connectivity index (χ0n) is 10.9. The van der Waals surface area contributed by atoms with E-state index in [-0.39, 0.29) is 19.1 Å². The van der Waals surface area contributed by atoms with Crippen LogP contribution in [-0.2, 0) is 0 Å². The minimum Gasteiger partial charge on any atom is -0.395 e. The van der Waals surface area contributed by atoms with E-state index in [1.807, 2.05) is 12.1 Å². The van der Waals surface area contributed by atoms with Gasteiger partial charge in [-0.05, 0) is 37.5 Å². The molecule has 1 aromatic rings. The molecule has 1 aliphatic rings. The number of carbonyl (C=O) groups excluding carboxylic acids is 1. The molecule has 1 saturated heterocycles. The number of carbonyl (C=O) groups is 1. The number of halogens is 1. The molecule has 0 spiro atoms. The molecule has 1 fully saturated rings. The summed E-state index contributed by atoms with van der Waals surface area (Å²) in [5.74, 6) is -0.246. The monoisotopic (exact) mass is 282 g/mol. The number of rotatable bonds is 4. The minimum atomic E-state index is -0.246. The molecule has 0 radical (unpaired) electrons. The van der Waals surface area contributed by atoms with Crippen LogP contribution in [0.1, 0.15) is 29.6 Å². The summed E-state index contributed by atoms with van der Waals surface area (Å²) in [5.41, 5.74) is 1.53. The van der Waals surface area contributed by atoms with Crippen LogP contribution in [0.25, 0.3) is 0 Å². The predicted octanol–water partition coefficient (Wildman–Crippen LogP) is 2.05. The Morgan fingerprint density at radius 2 is 2.05 bits per heavy atom. The summed E-state index contributed by atoms with van der Waals surface area (Å²) in [7, 11) is 0. The maximum absolute atomic E-state index is 11.8. The van der Waals surface area contributed by atoms with Crippen LogP contribution < -0.4 is 10.2 Å². The van der Waals surface area contributed by atoms with E-state index in [1.54, 1.807) is 6.07 Å². The van der Waals surface area contributed by atoms with E-state index in [9.17, 15) is 4.79 Å². The van der Waals surface area contributed by atoms with E-state index < -0.39 is 0 Å². The molecule has 2 rings (SSSR count). The highest BCUT2D eigenvalue weighted by Crippen LogP contribution is 2.26. The fourth-order valence-electron chi connectivity index (χ4n) is 2.30. The van der Waals surface area contributed by atoms with Crippen LogP contribution in [0.5, 0.6) is 0 Å². The maximum atomic E-state index is 11.8. The van der Waals surface area contributed by atoms with Crippen molar-refractivity contribution in [1.29, 1.82) is 0 Å². The molecular formula is C14H19ClN2O2. The van der Waals surface area contributed by atoms with Crippen LogP contribution in [0.15, 0.2) is 18.2 Å². The molecule has 1 heterocycles. The van der Waals surface area contributed by atoms with Gasteiger partial charge >= 0.3 is 0 Å². The Morgan fingerprint density at radius 1 is 1.32 bits per heavy atom. The second kappa shape index (κ2) is 6.78. The molecule has 19 heavy (non-hydrogen) atoms. The molecule has 1 aliphatic heterocycles. The molecule has 1 amide bonds. The lowest BCUT2D eigenvalue weighted by atomic mass is 10.1. The summed E-state index contributed by atoms with van der Waals surface area (Å²) >= 11 is 6.17. The van der Waals surface area contributed by atoms with Crippen molar-refractivity contribution in [3.8, 4) is 0 Å². The number of aliphatic hydroxyl groups excluding tert-OH is 1. The highest BCUT2D eigenvalue weighted by Gasteiger charge is 2.14. The highest BCUT2D eigenvalue weighted by molar-refractivity contribution is 6.34. The third-order valence-corrected chi connectivity index (χ3v) is 3.63. The van der Waals surface area contributed by atoms with Crippen molar-refractivity contribution in [3.05, 3.63) is 28.8 Å². The number of benzene rings is 1. The lowest BCUT2D eigenvalue weighted by molar-refractivity contribution is 0.0945. The van der Waals surface area contributed by atoms with E-state index in [0.717, 1.165) is 18.8 Å². The van der Waals surface area contributed by atoms with Crippen LogP contribution in [0.3, 0.4) is 0 Å². The van der Waals surface area contributed by atoms with Gasteiger partial charge < -0.3 is 15.3 Å². The number of nitrogens with one attached hydrogen (secondary N) is 1. The van der Waals surface area contributed by atoms with E-state index in [2.05, 4.69) is 10.2 Å². The number of hydrogen-bond acceptors (Lipinski definition) is 3. The van der Waals surface area contributed by atoms with Crippen molar-refractivity contribution in [1.82, 2.24) is 5.32 Å². The zero-order valence-corrected chi connectivity index (χ0v) is 11.6. The third-order valence-electron chi connectivity index (χ3n) is 3.32. The van der Waals surface area contributed by atoms with E-state index >= 15 is 0 Å². The molecule has 0 aromatic heterocycles. The molecule has 0 bridgehead atoms. The summed E-state index contributed by atoms with van der Waals surface area (Å²) in [6.45, 7) is 2.26. The molecule has 104 valence electrons. The van der Waals surface area contributed by atoms with Gasteiger partial charge in [-0.3, -0.25) is 4.79 Å². The predicted molar refractivity (Wildman–Crippen MR) is 76.9 cm³/mol. The van der Waals surface area contributed by atoms with Gasteiger partial charge in [0.15, 0.2) is 0 Å². The standard InChI is InChI=1S/C14H19ClN2O2/c15-13-10-11(17-7-2-1-3-8-17)4-5-12(13)14(19)16-6-9-18/h4-5,10,18H,1-3,6-9H2,(H,16,19). The van der Waals surface area contributed by atoms with Crippen molar-refractivity contribution in [3.63, 3.8) is 0 Å². The average Bonchev–Trinajstić information content (AvgIpc) is 2.45. The Bertz CT molecular complexity index is 445. The van der Waals surface area contributed by atoms with Gasteiger partial charge in [-0.15, -0.1) is 0 Å². The molecule has 4 nitrogen and oxygen atoms in total. The van der Waals surface area contributed by atoms with Crippen molar-refractivity contribution in [2.24, 2.45) is 0 Å². The largest absolute Gasteiger partial charge is 0.395 e. The number of nitrogens with zero attached hydrogens (tertiary/aromatic N) is 1. The van der Waals surface area contributed by atoms with Gasteiger partial charge in [-0.25, -0.2) is 0 Å². The zero-order chi connectivity index (χ0) is 13.7. The van der Waals surface area contributed by atoms with Crippen LogP contribution in [0, 0.1) is 0 Å². The molecule has 0 atom stereocenters. The second-order valence-corrected chi connectivity index (χ2v) is 5.10. The van der Waals surface area contributed by atoms with Crippen molar-refractivity contribution >= 4 is 23.2 Å². The first-order valence-electron chi connectivity index (χ1n) is 6.66. The van der Waals surface area contributed by atoms with Gasteiger partial charge in [0.1, 0.15) is 0 Å². The Kier molecular flexibility index (Phi) is 5.05. The van der Waals surface area contributed by atoms with Crippen LogP contribution in [-0.4, -0.2) is 37.3 Å². The Hall–Kier alpha value is -1.26. The molecule has 5 heteroatoms. The first-order valence-corrected chi connectivity index (χ1v) is 7.03. The Labute approximate surface area is 118 Å². The van der Waals surface area contributed by atoms with Gasteiger partial charge in [0.05, 0.1) is 17.2 Å². The van der Waals surface area contributed by atoms with Gasteiger partial charge in [0, 0.05) is 25.3 Å². The third kappa shape index (κ3) is 3.61. The van der Waals surface area contributed by atoms with E-state index in [1.165, 1.54) is 19.3 Å². The normalized spacial score (nSPS) is 15.4. The fraction of sp³-hybridized carbons (Fsp3) is 0.500. The fourth-order valence-corrected chi connectivity index (χ4v) is 2.56. The summed E-state index contributed by atoms with van der Waals surface area (Å²) in [6.07, 6.45) is 3.69. The topological polar surface area (TPSA) is 52.6 Å². The van der Waals surface area contributed by atoms with E-state index in [0.29, 0.717) is 10.6 Å². The van der Waals surface area contributed by atoms with Crippen molar-refractivity contribution in [2.75, 3.05) is 31.1 Å². The molecule has 2 N–H and O–H groups in total. The first-order chi connectivity index (χ1) is 9.22. The average molecular weight is 283 g/mol. The van der Waals surface area contributed by atoms with Crippen LogP contribution >= 0.6 is 11.6 Å². The molecule has 0 saturated carbocycles. The summed E-state index contributed by atoms with van der Waals surface area (Å²) in [6, 6.07) is 5.53. The summed E-state index contributed by atoms with van der Waals surface area (Å²) in [4.78, 5) is 14.1. The smallest absolute Gasteiger partial charge is 0.252 e. The van der Waals surface area contributed by atoms with Gasteiger partial charge in [-0.2, -0.15) is 0 Å². The summed E-state index contributed by atoms with van der Waals surface area (Å²) < 4.78 is 0. The van der Waals surface area contributed by atoms with E-state index in [4.69, 9.17) is 16.7 Å². The van der Waals surface area contributed by atoms with Gasteiger partial charge in [-0.1, -0.05) is 11.6 Å². The summed E-state index contributed by atoms with van der Waals surface area (Å²) in [5, 5.41) is 11.7. The Morgan fingerprint density at radius 3 is 2.68 bits per heavy atom. The Balaban J connectivity index is 2.09. The number of hydrogen-bond donors (Lipinski definition) is 2. The van der Waals surface area contributed by atoms with Crippen LogP contribution in [0.4, 0.5) is 5.69 Å². The highest BCUT2D eigenvalue weighted by atomic mass is 35.5. The number of anilines is 1. The quantitative estimate of drug-likeness (QED) is 0.889. The number of amides is 1. The second-order valence-electron chi connectivity index (χ2n) is 4.69. The van der Waals surface area contributed by atoms with Crippen LogP contribution in [0.2, 0.25) is 5.02 Å². The molecule has 1 aromatic carbocycles. The molecule has 0 aliphatic carbocycles. The lowest BCUT2D eigenvalue weighted by Crippen LogP contribution is -2.30. The SMILES string of the molecule is O=C(NCCO)c1ccc(N2CCCCC2)cc1Cl. The number of piperidine rings is 1. The minimum absolute atomic E-state index is 0.0742. The lowest BCUT2D eigenvalue weighted by Gasteiger charge is -2.29. The number of aliphatic hydroxyl groups is 1. The van der Waals surface area contributed by atoms with Crippen molar-refractivity contribution < 1.29 is 9.90 Å². The van der Waals surface area contributed by atoms with Gasteiger partial charge in [0.2, 0.25) is 0 Å². The molecular weight excluding hydrogens is 264 g/mol. The maximum Gasteiger partial charge on any atom is 0.252 e.